The first-order valence-corrected chi connectivity index (χ1v) is 13.9. The first kappa shape index (κ1) is 24.6. The highest BCUT2D eigenvalue weighted by atomic mass is 32.1. The van der Waals surface area contributed by atoms with Crippen molar-refractivity contribution >= 4 is 34.1 Å². The van der Waals surface area contributed by atoms with Crippen LogP contribution in [0.3, 0.4) is 0 Å². The van der Waals surface area contributed by atoms with Crippen molar-refractivity contribution in [3.63, 3.8) is 0 Å². The van der Waals surface area contributed by atoms with Gasteiger partial charge in [0.1, 0.15) is 11.5 Å². The Morgan fingerprint density at radius 3 is 2.76 bits per heavy atom. The van der Waals surface area contributed by atoms with E-state index in [4.69, 9.17) is 5.10 Å². The van der Waals surface area contributed by atoms with E-state index in [-0.39, 0.29) is 11.3 Å². The third-order valence-electron chi connectivity index (χ3n) is 7.21. The number of aromatic amines is 1. The van der Waals surface area contributed by atoms with E-state index in [1.807, 2.05) is 40.7 Å². The molecule has 2 N–H and O–H groups in total. The first-order chi connectivity index (χ1) is 18.3. The number of nitrogens with one attached hydrogen (secondary N) is 2. The number of amides is 1. The van der Waals surface area contributed by atoms with Gasteiger partial charge in [-0.05, 0) is 48.7 Å². The zero-order valence-corrected chi connectivity index (χ0v) is 23.0. The molecule has 1 amide bonds. The highest BCUT2D eigenvalue weighted by Gasteiger charge is 2.26. The number of nitrogens with zero attached hydrogens (tertiary/aromatic N) is 4. The van der Waals surface area contributed by atoms with Crippen molar-refractivity contribution in [2.45, 2.75) is 52.6 Å². The molecule has 0 bridgehead atoms. The van der Waals surface area contributed by atoms with Crippen molar-refractivity contribution in [3.8, 4) is 5.69 Å². The summed E-state index contributed by atoms with van der Waals surface area (Å²) in [6.45, 7) is 11.1. The summed E-state index contributed by atoms with van der Waals surface area (Å²) in [5.41, 5.74) is 7.05. The Hall–Kier alpha value is -3.75. The van der Waals surface area contributed by atoms with E-state index < -0.39 is 0 Å². The highest BCUT2D eigenvalue weighted by Crippen LogP contribution is 2.32. The summed E-state index contributed by atoms with van der Waals surface area (Å²) >= 11 is 1.68. The van der Waals surface area contributed by atoms with Crippen LogP contribution in [0.15, 0.2) is 60.2 Å². The van der Waals surface area contributed by atoms with Gasteiger partial charge in [-0.2, -0.15) is 5.10 Å². The predicted octanol–water partition coefficient (Wildman–Crippen LogP) is 6.23. The summed E-state index contributed by atoms with van der Waals surface area (Å²) in [6, 6.07) is 14.4. The van der Waals surface area contributed by atoms with Crippen LogP contribution < -0.4 is 5.32 Å². The van der Waals surface area contributed by atoms with Gasteiger partial charge in [0.2, 0.25) is 0 Å². The lowest BCUT2D eigenvalue weighted by molar-refractivity contribution is 0.102. The summed E-state index contributed by atoms with van der Waals surface area (Å²) in [5, 5.41) is 11.2. The van der Waals surface area contributed by atoms with E-state index in [1.165, 1.54) is 27.0 Å². The molecule has 5 aromatic rings. The zero-order valence-electron chi connectivity index (χ0n) is 22.2. The van der Waals surface area contributed by atoms with Crippen LogP contribution in [-0.2, 0) is 24.9 Å². The van der Waals surface area contributed by atoms with E-state index in [2.05, 4.69) is 72.1 Å². The van der Waals surface area contributed by atoms with Gasteiger partial charge in [-0.3, -0.25) is 9.69 Å². The summed E-state index contributed by atoms with van der Waals surface area (Å²) in [5.74, 6) is 0.613. The average Bonchev–Trinajstić information content (AvgIpc) is 3.63. The number of fused-ring (bicyclic) bond motifs is 2. The molecular formula is C30H32N6OS. The molecule has 1 aliphatic rings. The van der Waals surface area contributed by atoms with Crippen molar-refractivity contribution in [1.82, 2.24) is 24.6 Å². The van der Waals surface area contributed by atoms with Crippen LogP contribution in [0.25, 0.3) is 16.7 Å². The maximum absolute atomic E-state index is 13.6. The second-order valence-electron chi connectivity index (χ2n) is 11.1. The SMILES string of the molecule is Cc1ccc(-n2nc(C(C)(C)C)cc2NC(=O)c2csc3c2CCN(Cc2ccnc4[nH]ccc24)C3)cc1. The van der Waals surface area contributed by atoms with Crippen LogP contribution in [0.1, 0.15) is 58.4 Å². The largest absolute Gasteiger partial charge is 0.346 e. The molecule has 1 aliphatic heterocycles. The van der Waals surface area contributed by atoms with Crippen LogP contribution in [-0.4, -0.2) is 37.1 Å². The molecule has 0 unspecified atom stereocenters. The van der Waals surface area contributed by atoms with Crippen LogP contribution in [0, 0.1) is 6.92 Å². The zero-order chi connectivity index (χ0) is 26.4. The molecule has 1 aromatic carbocycles. The van der Waals surface area contributed by atoms with Gasteiger partial charge >= 0.3 is 0 Å². The van der Waals surface area contributed by atoms with E-state index in [1.54, 1.807) is 11.3 Å². The van der Waals surface area contributed by atoms with Crippen LogP contribution >= 0.6 is 11.3 Å². The number of thiophene rings is 1. The lowest BCUT2D eigenvalue weighted by atomic mass is 9.92. The molecule has 8 heteroatoms. The predicted molar refractivity (Wildman–Crippen MR) is 153 cm³/mol. The Morgan fingerprint density at radius 2 is 1.97 bits per heavy atom. The number of hydrogen-bond acceptors (Lipinski definition) is 5. The standard InChI is InChI=1S/C30H32N6OS/c1-19-5-7-21(8-6-19)36-27(15-26(34-36)30(2,3)4)33-29(37)24-18-38-25-17-35(14-11-23(24)25)16-20-9-12-31-28-22(20)10-13-32-28/h5-10,12-13,15,18H,11,14,16-17H2,1-4H3,(H,31,32)(H,33,37). The molecule has 0 saturated carbocycles. The second-order valence-corrected chi connectivity index (χ2v) is 12.1. The van der Waals surface area contributed by atoms with Crippen molar-refractivity contribution in [2.24, 2.45) is 0 Å². The molecule has 5 heterocycles. The number of H-pyrrole nitrogens is 1. The van der Waals surface area contributed by atoms with Crippen LogP contribution in [0.2, 0.25) is 0 Å². The summed E-state index contributed by atoms with van der Waals surface area (Å²) < 4.78 is 1.84. The molecule has 194 valence electrons. The molecule has 0 fully saturated rings. The number of aromatic nitrogens is 4. The minimum atomic E-state index is -0.138. The second kappa shape index (κ2) is 9.53. The number of rotatable bonds is 5. The van der Waals surface area contributed by atoms with Gasteiger partial charge in [0.05, 0.1) is 16.9 Å². The number of anilines is 1. The third kappa shape index (κ3) is 4.66. The maximum atomic E-state index is 13.6. The Morgan fingerprint density at radius 1 is 1.16 bits per heavy atom. The topological polar surface area (TPSA) is 78.8 Å². The molecule has 0 radical (unpaired) electrons. The van der Waals surface area contributed by atoms with Gasteiger partial charge in [-0.1, -0.05) is 38.5 Å². The van der Waals surface area contributed by atoms with E-state index in [0.717, 1.165) is 48.6 Å². The van der Waals surface area contributed by atoms with E-state index in [9.17, 15) is 4.79 Å². The van der Waals surface area contributed by atoms with Crippen molar-refractivity contribution in [2.75, 3.05) is 11.9 Å². The third-order valence-corrected chi connectivity index (χ3v) is 8.23. The molecule has 0 aliphatic carbocycles. The van der Waals surface area contributed by atoms with Gasteiger partial charge in [0, 0.05) is 59.2 Å². The fraction of sp³-hybridized carbons (Fsp3) is 0.300. The molecule has 4 aromatic heterocycles. The normalized spacial score (nSPS) is 14.1. The van der Waals surface area contributed by atoms with E-state index in [0.29, 0.717) is 5.82 Å². The minimum absolute atomic E-state index is 0.0761. The number of benzene rings is 1. The molecule has 0 atom stereocenters. The monoisotopic (exact) mass is 524 g/mol. The molecule has 0 spiro atoms. The lowest BCUT2D eigenvalue weighted by Gasteiger charge is -2.27. The quantitative estimate of drug-likeness (QED) is 0.286. The number of pyridine rings is 1. The van der Waals surface area contributed by atoms with Gasteiger partial charge in [-0.25, -0.2) is 9.67 Å². The summed E-state index contributed by atoms with van der Waals surface area (Å²) in [7, 11) is 0. The maximum Gasteiger partial charge on any atom is 0.257 e. The molecule has 7 nitrogen and oxygen atoms in total. The molecule has 0 saturated heterocycles. The average molecular weight is 525 g/mol. The number of aryl methyl sites for hydroxylation is 1. The minimum Gasteiger partial charge on any atom is -0.346 e. The van der Waals surface area contributed by atoms with Crippen LogP contribution in [0.5, 0.6) is 0 Å². The van der Waals surface area contributed by atoms with Gasteiger partial charge in [-0.15, -0.1) is 11.3 Å². The summed E-state index contributed by atoms with van der Waals surface area (Å²) in [4.78, 5) is 24.9. The van der Waals surface area contributed by atoms with Gasteiger partial charge in [0.25, 0.3) is 5.91 Å². The Bertz CT molecular complexity index is 1620. The molecular weight excluding hydrogens is 492 g/mol. The number of carbonyl (C=O) groups excluding carboxylic acids is 1. The van der Waals surface area contributed by atoms with E-state index >= 15 is 0 Å². The molecule has 6 rings (SSSR count). The van der Waals surface area contributed by atoms with Crippen molar-refractivity contribution in [1.29, 1.82) is 0 Å². The Labute approximate surface area is 226 Å². The molecule has 38 heavy (non-hydrogen) atoms. The highest BCUT2D eigenvalue weighted by molar-refractivity contribution is 7.10. The fourth-order valence-corrected chi connectivity index (χ4v) is 6.13. The van der Waals surface area contributed by atoms with Gasteiger partial charge < -0.3 is 10.3 Å². The lowest BCUT2D eigenvalue weighted by Crippen LogP contribution is -2.30. The van der Waals surface area contributed by atoms with Crippen molar-refractivity contribution in [3.05, 3.63) is 93.1 Å². The first-order valence-electron chi connectivity index (χ1n) is 13.0. The fourth-order valence-electron chi connectivity index (χ4n) is 5.01. The van der Waals surface area contributed by atoms with Crippen LogP contribution in [0.4, 0.5) is 5.82 Å². The van der Waals surface area contributed by atoms with Crippen molar-refractivity contribution < 1.29 is 4.79 Å². The Balaban J connectivity index is 1.23. The van der Waals surface area contributed by atoms with Gasteiger partial charge in [0.15, 0.2) is 0 Å². The smallest absolute Gasteiger partial charge is 0.257 e. The Kier molecular flexibility index (Phi) is 6.16. The number of carbonyl (C=O) groups is 1. The summed E-state index contributed by atoms with van der Waals surface area (Å²) in [6.07, 6.45) is 4.66. The number of hydrogen-bond donors (Lipinski definition) is 2.